The second kappa shape index (κ2) is 11.1. The van der Waals surface area contributed by atoms with Gasteiger partial charge in [-0.3, -0.25) is 0 Å². The summed E-state index contributed by atoms with van der Waals surface area (Å²) in [4.78, 5) is 11.8. The zero-order valence-corrected chi connectivity index (χ0v) is 21.4. The topological polar surface area (TPSA) is 68.9 Å². The lowest BCUT2D eigenvalue weighted by molar-refractivity contribution is -0.133. The number of aryl methyl sites for hydroxylation is 1. The van der Waals surface area contributed by atoms with Crippen LogP contribution in [0.15, 0.2) is 52.2 Å². The van der Waals surface area contributed by atoms with Gasteiger partial charge in [0.15, 0.2) is 0 Å². The van der Waals surface area contributed by atoms with Crippen LogP contribution in [0.1, 0.15) is 55.8 Å². The summed E-state index contributed by atoms with van der Waals surface area (Å²) in [5.74, 6) is 0.0970. The van der Waals surface area contributed by atoms with Gasteiger partial charge >= 0.3 is 5.97 Å². The van der Waals surface area contributed by atoms with Gasteiger partial charge in [-0.25, -0.2) is 4.79 Å². The first-order valence-corrected chi connectivity index (χ1v) is 14.9. The summed E-state index contributed by atoms with van der Waals surface area (Å²) in [6.07, 6.45) is 2.25. The number of hydrogen-bond donors (Lipinski definition) is 1. The molecule has 0 fully saturated rings. The van der Waals surface area contributed by atoms with E-state index in [9.17, 15) is 9.90 Å². The Kier molecular flexibility index (Phi) is 9.11. The van der Waals surface area contributed by atoms with Gasteiger partial charge in [-0.05, 0) is 57.4 Å². The molecule has 2 heterocycles. The van der Waals surface area contributed by atoms with Crippen LogP contribution in [0, 0.1) is 12.8 Å². The smallest absolute Gasteiger partial charge is 0.339 e. The van der Waals surface area contributed by atoms with Gasteiger partial charge in [0.25, 0.3) is 0 Å². The molecular formula is C26H38O5Si. The van der Waals surface area contributed by atoms with Crippen molar-refractivity contribution < 1.29 is 23.8 Å². The molecule has 0 amide bonds. The average molecular weight is 459 g/mol. The van der Waals surface area contributed by atoms with Crippen LogP contribution in [0.5, 0.6) is 0 Å². The minimum Gasteiger partial charge on any atom is -0.477 e. The molecule has 0 saturated carbocycles. The maximum atomic E-state index is 11.8. The molecule has 0 radical (unpaired) electrons. The van der Waals surface area contributed by atoms with Crippen LogP contribution in [0.2, 0.25) is 25.7 Å². The van der Waals surface area contributed by atoms with Gasteiger partial charge in [0, 0.05) is 20.6 Å². The van der Waals surface area contributed by atoms with Gasteiger partial charge in [0.1, 0.15) is 24.4 Å². The molecule has 2 bridgehead atoms. The summed E-state index contributed by atoms with van der Waals surface area (Å²) in [7, 11) is -1.19. The molecule has 2 rings (SSSR count). The first kappa shape index (κ1) is 26.1. The van der Waals surface area contributed by atoms with Gasteiger partial charge in [-0.1, -0.05) is 43.9 Å². The third kappa shape index (κ3) is 7.21. The monoisotopic (exact) mass is 458 g/mol. The van der Waals surface area contributed by atoms with E-state index >= 15 is 0 Å². The third-order valence-electron chi connectivity index (χ3n) is 5.78. The minimum atomic E-state index is -1.19. The Bertz CT molecular complexity index is 911. The number of fused-ring (bicyclic) bond motifs is 2. The molecule has 1 aliphatic heterocycles. The average Bonchev–Trinajstić information content (AvgIpc) is 3.01. The Morgan fingerprint density at radius 1 is 1.28 bits per heavy atom. The van der Waals surface area contributed by atoms with Crippen LogP contribution in [-0.4, -0.2) is 32.5 Å². The lowest BCUT2D eigenvalue weighted by Crippen LogP contribution is -2.23. The summed E-state index contributed by atoms with van der Waals surface area (Å²) in [6.45, 7) is 21.8. The predicted molar refractivity (Wildman–Crippen MR) is 131 cm³/mol. The molecule has 1 aromatic heterocycles. The molecule has 0 spiro atoms. The van der Waals surface area contributed by atoms with Crippen molar-refractivity contribution in [1.82, 2.24) is 0 Å². The van der Waals surface area contributed by atoms with Crippen LogP contribution in [0.3, 0.4) is 0 Å². The van der Waals surface area contributed by atoms with Gasteiger partial charge in [0.2, 0.25) is 0 Å². The highest BCUT2D eigenvalue weighted by Gasteiger charge is 2.32. The number of carboxylic acids is 1. The number of allylic oxidation sites excluding steroid dienone is 1. The molecule has 6 heteroatoms. The van der Waals surface area contributed by atoms with Gasteiger partial charge in [0.05, 0.1) is 11.5 Å². The number of aliphatic carboxylic acids is 1. The highest BCUT2D eigenvalue weighted by molar-refractivity contribution is 6.76. The standard InChI is InChI=1S/C26H38O5Si/c1-17(2)21-11-9-20(26(27)28)10-12-22(18(3)4)25(24-19(5)15-23(21)31-24)30-16-29-13-14-32(6,7)8/h11,15,21-22,25H,1,3,10,12-14,16H2,2,4-8H3,(H,27,28)/t9?,21-,22+,25-/m0/s1. The van der Waals surface area contributed by atoms with Crippen molar-refractivity contribution in [2.75, 3.05) is 13.4 Å². The molecular weight excluding hydrogens is 420 g/mol. The fourth-order valence-electron chi connectivity index (χ4n) is 3.74. The maximum absolute atomic E-state index is 11.8. The summed E-state index contributed by atoms with van der Waals surface area (Å²) in [5, 5.41) is 9.68. The Balaban J connectivity index is 2.41. The predicted octanol–water partition coefficient (Wildman–Crippen LogP) is 6.77. The highest BCUT2D eigenvalue weighted by Crippen LogP contribution is 2.40. The fourth-order valence-corrected chi connectivity index (χ4v) is 4.50. The minimum absolute atomic E-state index is 0.120. The molecule has 1 N–H and O–H groups in total. The quantitative estimate of drug-likeness (QED) is 0.145. The number of furan rings is 1. The van der Waals surface area contributed by atoms with E-state index in [0.717, 1.165) is 28.5 Å². The number of hydrogen-bond acceptors (Lipinski definition) is 4. The number of carboxylic acid groups (broad SMARTS) is 1. The van der Waals surface area contributed by atoms with Gasteiger partial charge in [-0.2, -0.15) is 0 Å². The Labute approximate surface area is 193 Å². The first-order chi connectivity index (χ1) is 14.9. The van der Waals surface area contributed by atoms with Crippen molar-refractivity contribution in [3.8, 4) is 0 Å². The summed E-state index contributed by atoms with van der Waals surface area (Å²) >= 11 is 0. The molecule has 176 valence electrons. The van der Waals surface area contributed by atoms with Crippen LogP contribution in [0.25, 0.3) is 0 Å². The number of carbonyl (C=O) groups is 1. The lowest BCUT2D eigenvalue weighted by atomic mass is 9.86. The normalized spacial score (nSPS) is 21.6. The van der Waals surface area contributed by atoms with E-state index in [0.29, 0.717) is 25.2 Å². The first-order valence-electron chi connectivity index (χ1n) is 11.2. The summed E-state index contributed by atoms with van der Waals surface area (Å²) < 4.78 is 18.4. The molecule has 5 nitrogen and oxygen atoms in total. The highest BCUT2D eigenvalue weighted by atomic mass is 28.3. The van der Waals surface area contributed by atoms with E-state index in [2.05, 4.69) is 38.5 Å². The van der Waals surface area contributed by atoms with Gasteiger partial charge in [-0.15, -0.1) is 5.73 Å². The molecule has 0 unspecified atom stereocenters. The zero-order valence-electron chi connectivity index (χ0n) is 20.4. The lowest BCUT2D eigenvalue weighted by Gasteiger charge is -2.27. The SMILES string of the molecule is C=C(C)[C@H]1CCC(C(=O)O)=C=C[C@@H](C(=C)C)c2cc(C)c(o2)[C@H]1OCOCC[Si](C)(C)C. The number of rotatable bonds is 9. The number of ether oxygens (including phenoxy) is 2. The Morgan fingerprint density at radius 2 is 1.97 bits per heavy atom. The van der Waals surface area contributed by atoms with E-state index in [1.165, 1.54) is 0 Å². The largest absolute Gasteiger partial charge is 0.477 e. The second-order valence-corrected chi connectivity index (χ2v) is 15.7. The molecule has 1 aliphatic rings. The zero-order chi connectivity index (χ0) is 24.1. The molecule has 3 atom stereocenters. The van der Waals surface area contributed by atoms with Crippen LogP contribution in [-0.2, 0) is 14.3 Å². The third-order valence-corrected chi connectivity index (χ3v) is 7.49. The Hall–Kier alpha value is -2.11. The summed E-state index contributed by atoms with van der Waals surface area (Å²) in [6, 6.07) is 3.04. The molecule has 0 saturated heterocycles. The van der Waals surface area contributed by atoms with Crippen LogP contribution < -0.4 is 0 Å². The van der Waals surface area contributed by atoms with Gasteiger partial charge < -0.3 is 19.0 Å². The molecule has 32 heavy (non-hydrogen) atoms. The van der Waals surface area contributed by atoms with E-state index in [1.807, 2.05) is 26.8 Å². The van der Waals surface area contributed by atoms with Crippen molar-refractivity contribution >= 4 is 14.0 Å². The van der Waals surface area contributed by atoms with Crippen molar-refractivity contribution in [3.05, 3.63) is 64.8 Å². The maximum Gasteiger partial charge on any atom is 0.339 e. The van der Waals surface area contributed by atoms with E-state index in [4.69, 9.17) is 13.9 Å². The van der Waals surface area contributed by atoms with Crippen molar-refractivity contribution in [2.45, 2.75) is 71.3 Å². The van der Waals surface area contributed by atoms with Crippen molar-refractivity contribution in [1.29, 1.82) is 0 Å². The Morgan fingerprint density at radius 3 is 2.53 bits per heavy atom. The van der Waals surface area contributed by atoms with E-state index in [1.54, 1.807) is 6.08 Å². The van der Waals surface area contributed by atoms with Crippen LogP contribution in [0.4, 0.5) is 0 Å². The van der Waals surface area contributed by atoms with E-state index in [-0.39, 0.29) is 24.2 Å². The van der Waals surface area contributed by atoms with Crippen molar-refractivity contribution in [2.24, 2.45) is 5.92 Å². The van der Waals surface area contributed by atoms with E-state index < -0.39 is 20.1 Å². The second-order valence-electron chi connectivity index (χ2n) is 10.0. The summed E-state index contributed by atoms with van der Waals surface area (Å²) in [5.41, 5.74) is 5.98. The molecule has 0 aromatic carbocycles. The molecule has 1 aromatic rings. The fraction of sp³-hybridized carbons (Fsp3) is 0.538. The molecule has 0 aliphatic carbocycles. The van der Waals surface area contributed by atoms with Crippen LogP contribution >= 0.6 is 0 Å². The van der Waals surface area contributed by atoms with Crippen molar-refractivity contribution in [3.63, 3.8) is 0 Å².